The fraction of sp³-hybridized carbons (Fsp3) is 0.941. The van der Waals surface area contributed by atoms with Crippen LogP contribution in [0.25, 0.3) is 0 Å². The maximum absolute atomic E-state index is 9.10. The van der Waals surface area contributed by atoms with Crippen LogP contribution in [0, 0.1) is 17.2 Å². The van der Waals surface area contributed by atoms with Crippen LogP contribution in [0.4, 0.5) is 0 Å². The Bertz CT molecular complexity index is 337. The van der Waals surface area contributed by atoms with E-state index in [1.807, 2.05) is 6.92 Å². The van der Waals surface area contributed by atoms with Crippen LogP contribution in [-0.4, -0.2) is 54.6 Å². The molecule has 0 aromatic heterocycles. The van der Waals surface area contributed by atoms with Crippen LogP contribution in [0.1, 0.15) is 51.9 Å². The first-order valence-electron chi connectivity index (χ1n) is 8.80. The van der Waals surface area contributed by atoms with Crippen LogP contribution in [0.15, 0.2) is 0 Å². The fourth-order valence-electron chi connectivity index (χ4n) is 3.65. The molecule has 0 spiro atoms. The molecule has 2 rings (SSSR count). The molecule has 2 aliphatic rings. The van der Waals surface area contributed by atoms with Crippen LogP contribution in [0.5, 0.6) is 0 Å². The number of likely N-dealkylation sites (tertiary alicyclic amines) is 2. The molecule has 0 bridgehead atoms. The molecule has 2 aliphatic heterocycles. The molecular weight excluding hydrogens is 260 g/mol. The molecule has 1 atom stereocenters. The summed E-state index contributed by atoms with van der Waals surface area (Å²) < 4.78 is 0. The minimum atomic E-state index is -0.603. The zero-order chi connectivity index (χ0) is 15.1. The van der Waals surface area contributed by atoms with Gasteiger partial charge >= 0.3 is 0 Å². The van der Waals surface area contributed by atoms with Gasteiger partial charge in [0.25, 0.3) is 0 Å². The largest absolute Gasteiger partial charge is 0.313 e. The standard InChI is InChI=1S/C17H32N4/c1-2-17(19,15-18)8-5-11-20-12-6-16(7-13-20)14-21-9-3-4-10-21/h16H,2-14,19H2,1H3. The lowest BCUT2D eigenvalue weighted by molar-refractivity contribution is 0.150. The minimum Gasteiger partial charge on any atom is -0.313 e. The van der Waals surface area contributed by atoms with Crippen molar-refractivity contribution in [2.75, 3.05) is 39.3 Å². The van der Waals surface area contributed by atoms with Gasteiger partial charge in [0.1, 0.15) is 5.54 Å². The van der Waals surface area contributed by atoms with Gasteiger partial charge in [-0.3, -0.25) is 0 Å². The van der Waals surface area contributed by atoms with Crippen molar-refractivity contribution in [3.05, 3.63) is 0 Å². The Kier molecular flexibility index (Phi) is 6.47. The molecular formula is C17H32N4. The highest BCUT2D eigenvalue weighted by Gasteiger charge is 2.24. The average Bonchev–Trinajstić information content (AvgIpc) is 3.02. The van der Waals surface area contributed by atoms with Gasteiger partial charge < -0.3 is 15.5 Å². The third-order valence-corrected chi connectivity index (χ3v) is 5.37. The Balaban J connectivity index is 1.59. The fourth-order valence-corrected chi connectivity index (χ4v) is 3.65. The Morgan fingerprint density at radius 1 is 1.14 bits per heavy atom. The summed E-state index contributed by atoms with van der Waals surface area (Å²) in [6.07, 6.45) is 8.11. The van der Waals surface area contributed by atoms with E-state index in [1.165, 1.54) is 58.4 Å². The quantitative estimate of drug-likeness (QED) is 0.781. The molecule has 0 aromatic rings. The second-order valence-electron chi connectivity index (χ2n) is 7.02. The maximum Gasteiger partial charge on any atom is 0.104 e. The van der Waals surface area contributed by atoms with Gasteiger partial charge in [-0.05, 0) is 83.6 Å². The molecule has 1 unspecified atom stereocenters. The highest BCUT2D eigenvalue weighted by atomic mass is 15.2. The molecule has 0 saturated carbocycles. The van der Waals surface area contributed by atoms with Crippen LogP contribution < -0.4 is 5.73 Å². The maximum atomic E-state index is 9.10. The molecule has 2 saturated heterocycles. The van der Waals surface area contributed by atoms with Gasteiger partial charge in [0, 0.05) is 6.54 Å². The smallest absolute Gasteiger partial charge is 0.104 e. The van der Waals surface area contributed by atoms with Crippen LogP contribution in [-0.2, 0) is 0 Å². The summed E-state index contributed by atoms with van der Waals surface area (Å²) in [5.41, 5.74) is 5.44. The summed E-state index contributed by atoms with van der Waals surface area (Å²) in [4.78, 5) is 5.21. The molecule has 0 aliphatic carbocycles. The first kappa shape index (κ1) is 16.7. The molecule has 4 nitrogen and oxygen atoms in total. The second-order valence-corrected chi connectivity index (χ2v) is 7.02. The SMILES string of the molecule is CCC(N)(C#N)CCCN1CCC(CN2CCCC2)CC1. The van der Waals surface area contributed by atoms with Crippen molar-refractivity contribution in [1.82, 2.24) is 9.80 Å². The Hall–Kier alpha value is -0.630. The van der Waals surface area contributed by atoms with Gasteiger partial charge in [-0.1, -0.05) is 6.92 Å². The molecule has 0 aromatic carbocycles. The number of nitrogens with two attached hydrogens (primary N) is 1. The predicted molar refractivity (Wildman–Crippen MR) is 86.9 cm³/mol. The molecule has 120 valence electrons. The van der Waals surface area contributed by atoms with Gasteiger partial charge in [0.05, 0.1) is 6.07 Å². The Morgan fingerprint density at radius 2 is 1.81 bits per heavy atom. The van der Waals surface area contributed by atoms with Crippen molar-refractivity contribution in [1.29, 1.82) is 5.26 Å². The van der Waals surface area contributed by atoms with E-state index >= 15 is 0 Å². The highest BCUT2D eigenvalue weighted by Crippen LogP contribution is 2.21. The van der Waals surface area contributed by atoms with Crippen molar-refractivity contribution in [3.8, 4) is 6.07 Å². The first-order chi connectivity index (χ1) is 10.1. The van der Waals surface area contributed by atoms with E-state index in [-0.39, 0.29) is 0 Å². The lowest BCUT2D eigenvalue weighted by Crippen LogP contribution is -2.40. The summed E-state index contributed by atoms with van der Waals surface area (Å²) >= 11 is 0. The van der Waals surface area contributed by atoms with E-state index < -0.39 is 5.54 Å². The summed E-state index contributed by atoms with van der Waals surface area (Å²) in [5.74, 6) is 0.905. The van der Waals surface area contributed by atoms with Crippen molar-refractivity contribution in [2.45, 2.75) is 57.4 Å². The summed E-state index contributed by atoms with van der Waals surface area (Å²) in [6, 6.07) is 2.27. The van der Waals surface area contributed by atoms with Gasteiger partial charge in [0.2, 0.25) is 0 Å². The molecule has 2 heterocycles. The topological polar surface area (TPSA) is 56.3 Å². The molecule has 2 fully saturated rings. The normalized spacial score (nSPS) is 24.8. The van der Waals surface area contributed by atoms with E-state index in [2.05, 4.69) is 15.9 Å². The summed E-state index contributed by atoms with van der Waals surface area (Å²) in [5, 5.41) is 9.10. The zero-order valence-corrected chi connectivity index (χ0v) is 13.7. The molecule has 2 N–H and O–H groups in total. The van der Waals surface area contributed by atoms with Crippen molar-refractivity contribution in [3.63, 3.8) is 0 Å². The number of nitriles is 1. The van der Waals surface area contributed by atoms with Crippen LogP contribution >= 0.6 is 0 Å². The monoisotopic (exact) mass is 292 g/mol. The zero-order valence-electron chi connectivity index (χ0n) is 13.7. The van der Waals surface area contributed by atoms with Crippen molar-refractivity contribution in [2.24, 2.45) is 11.7 Å². The van der Waals surface area contributed by atoms with Crippen molar-refractivity contribution >= 4 is 0 Å². The average molecular weight is 292 g/mol. The van der Waals surface area contributed by atoms with Gasteiger partial charge in [-0.15, -0.1) is 0 Å². The molecule has 4 heteroatoms. The molecule has 21 heavy (non-hydrogen) atoms. The predicted octanol–water partition coefficient (Wildman–Crippen LogP) is 2.21. The second kappa shape index (κ2) is 8.12. The number of rotatable bonds is 7. The van der Waals surface area contributed by atoms with E-state index in [1.54, 1.807) is 0 Å². The summed E-state index contributed by atoms with van der Waals surface area (Å²) in [7, 11) is 0. The lowest BCUT2D eigenvalue weighted by atomic mass is 9.92. The van der Waals surface area contributed by atoms with E-state index in [4.69, 9.17) is 11.0 Å². The number of hydrogen-bond acceptors (Lipinski definition) is 4. The van der Waals surface area contributed by atoms with Crippen molar-refractivity contribution < 1.29 is 0 Å². The third kappa shape index (κ3) is 5.25. The van der Waals surface area contributed by atoms with E-state index in [0.29, 0.717) is 0 Å². The Morgan fingerprint density at radius 3 is 2.38 bits per heavy atom. The van der Waals surface area contributed by atoms with E-state index in [9.17, 15) is 0 Å². The molecule has 0 radical (unpaired) electrons. The molecule has 0 amide bonds. The van der Waals surface area contributed by atoms with Crippen LogP contribution in [0.3, 0.4) is 0 Å². The first-order valence-corrected chi connectivity index (χ1v) is 8.80. The van der Waals surface area contributed by atoms with Crippen LogP contribution in [0.2, 0.25) is 0 Å². The van der Waals surface area contributed by atoms with Gasteiger partial charge in [-0.25, -0.2) is 0 Å². The van der Waals surface area contributed by atoms with E-state index in [0.717, 1.165) is 31.7 Å². The Labute approximate surface area is 130 Å². The number of nitrogens with zero attached hydrogens (tertiary/aromatic N) is 3. The lowest BCUT2D eigenvalue weighted by Gasteiger charge is -2.34. The highest BCUT2D eigenvalue weighted by molar-refractivity contribution is 5.03. The number of piperidine rings is 1. The van der Waals surface area contributed by atoms with Gasteiger partial charge in [0.15, 0.2) is 0 Å². The number of hydrogen-bond donors (Lipinski definition) is 1. The third-order valence-electron chi connectivity index (χ3n) is 5.37. The minimum absolute atomic E-state index is 0.603. The summed E-state index contributed by atoms with van der Waals surface area (Å²) in [6.45, 7) is 9.55. The van der Waals surface area contributed by atoms with Gasteiger partial charge in [-0.2, -0.15) is 5.26 Å².